The number of rotatable bonds is 5. The summed E-state index contributed by atoms with van der Waals surface area (Å²) >= 11 is 3.61. The second-order valence-corrected chi connectivity index (χ2v) is 4.20. The van der Waals surface area contributed by atoms with Crippen molar-refractivity contribution in [1.82, 2.24) is 15.1 Å². The van der Waals surface area contributed by atoms with Gasteiger partial charge in [0.25, 0.3) is 0 Å². The molecule has 1 aromatic heterocycles. The van der Waals surface area contributed by atoms with E-state index < -0.39 is 0 Å². The molecule has 88 valence electrons. The summed E-state index contributed by atoms with van der Waals surface area (Å²) in [5, 5.41) is 7.83. The van der Waals surface area contributed by atoms with E-state index in [0.29, 0.717) is 0 Å². The van der Waals surface area contributed by atoms with Crippen LogP contribution in [0.2, 0.25) is 0 Å². The number of hydrogen-bond donors (Lipinski definition) is 1. The quantitative estimate of drug-likeness (QED) is 0.664. The van der Waals surface area contributed by atoms with Crippen molar-refractivity contribution >= 4 is 15.9 Å². The van der Waals surface area contributed by atoms with Crippen molar-refractivity contribution in [2.75, 3.05) is 6.54 Å². The molecule has 0 aliphatic rings. The van der Waals surface area contributed by atoms with E-state index in [1.165, 1.54) is 5.69 Å². The lowest BCUT2D eigenvalue weighted by Gasteiger charge is -2.05. The van der Waals surface area contributed by atoms with Gasteiger partial charge in [0.1, 0.15) is 0 Å². The summed E-state index contributed by atoms with van der Waals surface area (Å²) in [5.74, 6) is 5.86. The molecule has 0 fully saturated rings. The van der Waals surface area contributed by atoms with Crippen molar-refractivity contribution in [2.24, 2.45) is 0 Å². The molecule has 1 N–H and O–H groups in total. The monoisotopic (exact) mass is 283 g/mol. The van der Waals surface area contributed by atoms with Crippen LogP contribution in [0.1, 0.15) is 32.2 Å². The van der Waals surface area contributed by atoms with Crippen LogP contribution >= 0.6 is 15.9 Å². The molecule has 16 heavy (non-hydrogen) atoms. The topological polar surface area (TPSA) is 29.9 Å². The average Bonchev–Trinajstić information content (AvgIpc) is 2.61. The van der Waals surface area contributed by atoms with Crippen LogP contribution < -0.4 is 5.32 Å². The second kappa shape index (κ2) is 6.72. The number of halogens is 1. The summed E-state index contributed by atoms with van der Waals surface area (Å²) in [6.07, 6.45) is 0.954. The van der Waals surface area contributed by atoms with Gasteiger partial charge in [-0.2, -0.15) is 5.10 Å². The molecule has 0 aromatic carbocycles. The van der Waals surface area contributed by atoms with E-state index in [9.17, 15) is 0 Å². The normalized spacial score (nSPS) is 10.0. The lowest BCUT2D eigenvalue weighted by molar-refractivity contribution is 0.591. The molecule has 0 aliphatic heterocycles. The van der Waals surface area contributed by atoms with Gasteiger partial charge in [0.2, 0.25) is 0 Å². The standard InChI is InChI=1S/C12H18BrN3/c1-4-7-8-14-9-11-12(13)10(5-2)15-16(11)6-3/h14H,5-6,8-9H2,1-3H3. The Balaban J connectivity index is 2.75. The molecule has 0 unspecified atom stereocenters. The fraction of sp³-hybridized carbons (Fsp3) is 0.583. The molecule has 4 heteroatoms. The van der Waals surface area contributed by atoms with Crippen LogP contribution in [-0.4, -0.2) is 16.3 Å². The smallest absolute Gasteiger partial charge is 0.0767 e. The molecule has 1 heterocycles. The van der Waals surface area contributed by atoms with Crippen LogP contribution in [-0.2, 0) is 19.5 Å². The third kappa shape index (κ3) is 3.10. The molecule has 0 saturated carbocycles. The highest BCUT2D eigenvalue weighted by Crippen LogP contribution is 2.21. The van der Waals surface area contributed by atoms with E-state index >= 15 is 0 Å². The summed E-state index contributed by atoms with van der Waals surface area (Å²) in [4.78, 5) is 0. The first-order valence-electron chi connectivity index (χ1n) is 5.58. The van der Waals surface area contributed by atoms with E-state index in [0.717, 1.165) is 36.2 Å². The SMILES string of the molecule is CC#CCNCc1c(Br)c(CC)nn1CC. The number of nitrogens with one attached hydrogen (secondary N) is 1. The van der Waals surface area contributed by atoms with Crippen molar-refractivity contribution in [2.45, 2.75) is 40.3 Å². The highest BCUT2D eigenvalue weighted by atomic mass is 79.9. The molecular weight excluding hydrogens is 266 g/mol. The molecular formula is C12H18BrN3. The van der Waals surface area contributed by atoms with E-state index in [-0.39, 0.29) is 0 Å². The van der Waals surface area contributed by atoms with E-state index in [1.807, 2.05) is 11.6 Å². The lowest BCUT2D eigenvalue weighted by atomic mass is 10.3. The van der Waals surface area contributed by atoms with Gasteiger partial charge in [0.05, 0.1) is 22.4 Å². The number of aryl methyl sites for hydroxylation is 2. The van der Waals surface area contributed by atoms with Crippen molar-refractivity contribution in [3.63, 3.8) is 0 Å². The van der Waals surface area contributed by atoms with Crippen LogP contribution in [0.15, 0.2) is 4.47 Å². The highest BCUT2D eigenvalue weighted by Gasteiger charge is 2.12. The number of nitrogens with zero attached hydrogens (tertiary/aromatic N) is 2. The summed E-state index contributed by atoms with van der Waals surface area (Å²) in [5.41, 5.74) is 2.33. The predicted molar refractivity (Wildman–Crippen MR) is 70.1 cm³/mol. The first-order valence-corrected chi connectivity index (χ1v) is 6.38. The van der Waals surface area contributed by atoms with E-state index in [4.69, 9.17) is 0 Å². The van der Waals surface area contributed by atoms with Gasteiger partial charge in [-0.05, 0) is 36.2 Å². The number of hydrogen-bond acceptors (Lipinski definition) is 2. The molecule has 3 nitrogen and oxygen atoms in total. The predicted octanol–water partition coefficient (Wildman–Crippen LogP) is 2.34. The molecule has 0 spiro atoms. The maximum Gasteiger partial charge on any atom is 0.0767 e. The summed E-state index contributed by atoms with van der Waals surface area (Å²) < 4.78 is 3.17. The minimum atomic E-state index is 0.722. The van der Waals surface area contributed by atoms with Crippen LogP contribution in [0.5, 0.6) is 0 Å². The first kappa shape index (κ1) is 13.3. The zero-order valence-electron chi connectivity index (χ0n) is 10.1. The van der Waals surface area contributed by atoms with Crippen LogP contribution in [0.25, 0.3) is 0 Å². The fourth-order valence-electron chi connectivity index (χ4n) is 1.52. The molecule has 0 amide bonds. The average molecular weight is 284 g/mol. The minimum Gasteiger partial charge on any atom is -0.301 e. The van der Waals surface area contributed by atoms with Crippen molar-refractivity contribution in [3.8, 4) is 11.8 Å². The Morgan fingerprint density at radius 1 is 1.44 bits per heavy atom. The third-order valence-corrected chi connectivity index (χ3v) is 3.29. The second-order valence-electron chi connectivity index (χ2n) is 3.41. The van der Waals surface area contributed by atoms with Gasteiger partial charge in [-0.1, -0.05) is 12.8 Å². The maximum absolute atomic E-state index is 4.54. The molecule has 0 saturated heterocycles. The largest absolute Gasteiger partial charge is 0.301 e. The summed E-state index contributed by atoms with van der Waals surface area (Å²) in [6, 6.07) is 0. The fourth-order valence-corrected chi connectivity index (χ4v) is 2.22. The summed E-state index contributed by atoms with van der Waals surface area (Å²) in [6.45, 7) is 8.49. The van der Waals surface area contributed by atoms with Crippen LogP contribution in [0, 0.1) is 11.8 Å². The van der Waals surface area contributed by atoms with Crippen molar-refractivity contribution in [3.05, 3.63) is 15.9 Å². The molecule has 0 aliphatic carbocycles. The van der Waals surface area contributed by atoms with Crippen LogP contribution in [0.4, 0.5) is 0 Å². The van der Waals surface area contributed by atoms with Crippen molar-refractivity contribution in [1.29, 1.82) is 0 Å². The van der Waals surface area contributed by atoms with Gasteiger partial charge >= 0.3 is 0 Å². The Kier molecular flexibility index (Phi) is 5.58. The molecule has 0 bridgehead atoms. The summed E-state index contributed by atoms with van der Waals surface area (Å²) in [7, 11) is 0. The Labute approximate surface area is 106 Å². The van der Waals surface area contributed by atoms with Gasteiger partial charge in [-0.3, -0.25) is 4.68 Å². The Hall–Kier alpha value is -0.790. The third-order valence-electron chi connectivity index (χ3n) is 2.38. The zero-order valence-corrected chi connectivity index (χ0v) is 11.7. The van der Waals surface area contributed by atoms with E-state index in [2.05, 4.69) is 52.0 Å². The van der Waals surface area contributed by atoms with Gasteiger partial charge in [0.15, 0.2) is 0 Å². The van der Waals surface area contributed by atoms with Crippen LogP contribution in [0.3, 0.4) is 0 Å². The molecule has 1 rings (SSSR count). The molecule has 1 aromatic rings. The van der Waals surface area contributed by atoms with E-state index in [1.54, 1.807) is 0 Å². The highest BCUT2D eigenvalue weighted by molar-refractivity contribution is 9.10. The maximum atomic E-state index is 4.54. The molecule has 0 atom stereocenters. The molecule has 0 radical (unpaired) electrons. The van der Waals surface area contributed by atoms with Gasteiger partial charge in [-0.15, -0.1) is 5.92 Å². The minimum absolute atomic E-state index is 0.722. The Bertz CT molecular complexity index is 398. The zero-order chi connectivity index (χ0) is 12.0. The number of aromatic nitrogens is 2. The van der Waals surface area contributed by atoms with Gasteiger partial charge < -0.3 is 5.32 Å². The van der Waals surface area contributed by atoms with Gasteiger partial charge in [0, 0.05) is 13.1 Å². The first-order chi connectivity index (χ1) is 7.74. The van der Waals surface area contributed by atoms with Gasteiger partial charge in [-0.25, -0.2) is 0 Å². The lowest BCUT2D eigenvalue weighted by Crippen LogP contribution is -2.17. The Morgan fingerprint density at radius 2 is 2.19 bits per heavy atom. The Morgan fingerprint density at radius 3 is 2.75 bits per heavy atom. The van der Waals surface area contributed by atoms with Crippen molar-refractivity contribution < 1.29 is 0 Å².